The molecule has 0 saturated carbocycles. The Morgan fingerprint density at radius 2 is 1.64 bits per heavy atom. The maximum Gasteiger partial charge on any atom is 0.224 e. The molecule has 1 aliphatic heterocycles. The van der Waals surface area contributed by atoms with Gasteiger partial charge in [-0.05, 0) is 40.8 Å². The predicted molar refractivity (Wildman–Crippen MR) is 124 cm³/mol. The van der Waals surface area contributed by atoms with E-state index in [1.54, 1.807) is 0 Å². The molecule has 0 bridgehead atoms. The van der Waals surface area contributed by atoms with Crippen molar-refractivity contribution in [3.8, 4) is 11.3 Å². The summed E-state index contributed by atoms with van der Waals surface area (Å²) in [5, 5.41) is 6.90. The lowest BCUT2D eigenvalue weighted by molar-refractivity contribution is -0.659. The smallest absolute Gasteiger partial charge is 0.224 e. The van der Waals surface area contributed by atoms with Crippen LogP contribution in [0.5, 0.6) is 0 Å². The first-order valence-electron chi connectivity index (χ1n) is 10.0. The van der Waals surface area contributed by atoms with Crippen molar-refractivity contribution >= 4 is 46.2 Å². The van der Waals surface area contributed by atoms with Gasteiger partial charge in [-0.25, -0.2) is 4.57 Å². The van der Waals surface area contributed by atoms with Crippen LogP contribution in [-0.4, -0.2) is 15.1 Å². The molecule has 0 spiro atoms. The Kier molecular flexibility index (Phi) is 3.54. The normalized spacial score (nSPS) is 13.3. The van der Waals surface area contributed by atoms with Gasteiger partial charge in [0.05, 0.1) is 30.4 Å². The van der Waals surface area contributed by atoms with E-state index < -0.39 is 8.07 Å². The first-order chi connectivity index (χ1) is 13.3. The molecule has 0 atom stereocenters. The molecule has 0 N–H and O–H groups in total. The van der Waals surface area contributed by atoms with Crippen LogP contribution in [0.2, 0.25) is 19.6 Å². The lowest BCUT2D eigenvalue weighted by Gasteiger charge is -2.31. The highest BCUT2D eigenvalue weighted by Gasteiger charge is 2.32. The molecule has 0 amide bonds. The van der Waals surface area contributed by atoms with Gasteiger partial charge in [0.15, 0.2) is 6.20 Å². The van der Waals surface area contributed by atoms with Gasteiger partial charge in [-0.3, -0.25) is 0 Å². The van der Waals surface area contributed by atoms with Gasteiger partial charge in [-0.2, -0.15) is 0 Å². The average Bonchev–Trinajstić information content (AvgIpc) is 2.66. The molecule has 3 heteroatoms. The minimum absolute atomic E-state index is 1.31. The molecule has 4 aromatic rings. The molecule has 2 heterocycles. The Labute approximate surface area is 168 Å². The van der Waals surface area contributed by atoms with Crippen LogP contribution >= 0.6 is 0 Å². The monoisotopic (exact) mass is 383 g/mol. The Morgan fingerprint density at radius 3 is 2.39 bits per heavy atom. The van der Waals surface area contributed by atoms with E-state index >= 15 is 0 Å². The Hall–Kier alpha value is -2.65. The molecular formula is C25H27N2Si+. The van der Waals surface area contributed by atoms with Crippen LogP contribution in [0.3, 0.4) is 0 Å². The SMILES string of the molecule is Cc1c2c(cc3ccccc13)N(C)c1cc([Si](C)(C)C)cc3cc[n+](C)c-2c13. The number of hydrogen-bond donors (Lipinski definition) is 0. The highest BCUT2D eigenvalue weighted by molar-refractivity contribution is 6.89. The van der Waals surface area contributed by atoms with Gasteiger partial charge in [0, 0.05) is 13.1 Å². The van der Waals surface area contributed by atoms with E-state index in [1.165, 1.54) is 54.9 Å². The van der Waals surface area contributed by atoms with Gasteiger partial charge < -0.3 is 4.90 Å². The summed E-state index contributed by atoms with van der Waals surface area (Å²) in [5.74, 6) is 0. The number of aromatic nitrogens is 1. The van der Waals surface area contributed by atoms with Gasteiger partial charge in [-0.15, -0.1) is 0 Å². The Morgan fingerprint density at radius 1 is 0.893 bits per heavy atom. The van der Waals surface area contributed by atoms with Crippen LogP contribution in [0, 0.1) is 6.92 Å². The number of nitrogens with zero attached hydrogens (tertiary/aromatic N) is 2. The van der Waals surface area contributed by atoms with Crippen LogP contribution in [0.15, 0.2) is 54.7 Å². The van der Waals surface area contributed by atoms with Crippen molar-refractivity contribution in [2.45, 2.75) is 26.6 Å². The third-order valence-electron chi connectivity index (χ3n) is 6.33. The van der Waals surface area contributed by atoms with Crippen LogP contribution in [-0.2, 0) is 7.05 Å². The molecule has 0 unspecified atom stereocenters. The minimum Gasteiger partial charge on any atom is -0.343 e. The zero-order chi connectivity index (χ0) is 19.8. The van der Waals surface area contributed by atoms with Gasteiger partial charge in [0.1, 0.15) is 7.05 Å². The number of rotatable bonds is 1. The first kappa shape index (κ1) is 17.4. The summed E-state index contributed by atoms with van der Waals surface area (Å²) in [7, 11) is 2.99. The third kappa shape index (κ3) is 2.29. The van der Waals surface area contributed by atoms with E-state index in [0.29, 0.717) is 0 Å². The van der Waals surface area contributed by atoms with Crippen LogP contribution in [0.1, 0.15) is 5.56 Å². The average molecular weight is 384 g/mol. The second-order valence-corrected chi connectivity index (χ2v) is 14.2. The molecule has 0 radical (unpaired) electrons. The second kappa shape index (κ2) is 5.68. The summed E-state index contributed by atoms with van der Waals surface area (Å²) >= 11 is 0. The fourth-order valence-electron chi connectivity index (χ4n) is 4.68. The van der Waals surface area contributed by atoms with Gasteiger partial charge in [-0.1, -0.05) is 55.2 Å². The number of anilines is 2. The minimum atomic E-state index is -1.41. The van der Waals surface area contributed by atoms with Crippen molar-refractivity contribution in [3.05, 3.63) is 60.3 Å². The lowest BCUT2D eigenvalue weighted by atomic mass is 9.89. The van der Waals surface area contributed by atoms with Crippen molar-refractivity contribution in [1.82, 2.24) is 0 Å². The molecule has 5 rings (SSSR count). The Bertz CT molecular complexity index is 1280. The number of benzene rings is 3. The quantitative estimate of drug-likeness (QED) is 0.314. The molecular weight excluding hydrogens is 356 g/mol. The van der Waals surface area contributed by atoms with Crippen LogP contribution in [0.4, 0.5) is 11.4 Å². The van der Waals surface area contributed by atoms with Crippen molar-refractivity contribution in [1.29, 1.82) is 0 Å². The predicted octanol–water partition coefficient (Wildman–Crippen LogP) is 5.42. The van der Waals surface area contributed by atoms with E-state index in [4.69, 9.17) is 0 Å². The molecule has 2 nitrogen and oxygen atoms in total. The van der Waals surface area contributed by atoms with Crippen molar-refractivity contribution in [3.63, 3.8) is 0 Å². The van der Waals surface area contributed by atoms with E-state index in [0.717, 1.165) is 0 Å². The van der Waals surface area contributed by atoms with Crippen molar-refractivity contribution < 1.29 is 4.57 Å². The van der Waals surface area contributed by atoms with Gasteiger partial charge in [0.25, 0.3) is 0 Å². The summed E-state index contributed by atoms with van der Waals surface area (Å²) in [6.45, 7) is 9.56. The molecule has 1 aliphatic rings. The highest BCUT2D eigenvalue weighted by Crippen LogP contribution is 2.48. The third-order valence-corrected chi connectivity index (χ3v) is 8.35. The molecule has 3 aromatic carbocycles. The number of hydrogen-bond acceptors (Lipinski definition) is 1. The highest BCUT2D eigenvalue weighted by atomic mass is 28.3. The van der Waals surface area contributed by atoms with Gasteiger partial charge in [0.2, 0.25) is 5.69 Å². The maximum absolute atomic E-state index is 2.45. The lowest BCUT2D eigenvalue weighted by Crippen LogP contribution is -2.39. The first-order valence-corrected chi connectivity index (χ1v) is 13.5. The summed E-state index contributed by atoms with van der Waals surface area (Å²) in [5.41, 5.74) is 6.71. The van der Waals surface area contributed by atoms with Gasteiger partial charge >= 0.3 is 0 Å². The van der Waals surface area contributed by atoms with Crippen LogP contribution < -0.4 is 14.7 Å². The molecule has 0 saturated heterocycles. The summed E-state index contributed by atoms with van der Waals surface area (Å²) in [6.07, 6.45) is 2.22. The summed E-state index contributed by atoms with van der Waals surface area (Å²) < 4.78 is 2.30. The fourth-order valence-corrected chi connectivity index (χ4v) is 5.84. The molecule has 140 valence electrons. The zero-order valence-electron chi connectivity index (χ0n) is 17.6. The number of aryl methyl sites for hydroxylation is 2. The van der Waals surface area contributed by atoms with E-state index in [9.17, 15) is 0 Å². The molecule has 0 fully saturated rings. The molecule has 0 aliphatic carbocycles. The maximum atomic E-state index is 2.45. The topological polar surface area (TPSA) is 7.12 Å². The fraction of sp³-hybridized carbons (Fsp3) is 0.240. The zero-order valence-corrected chi connectivity index (χ0v) is 18.6. The standard InChI is InChI=1S/C25H27N2Si/c1-16-20-10-8-7-9-17(20)14-21-23(16)25-24-18(11-12-26(25)2)13-19(28(4,5)6)15-22(24)27(21)3/h7-15H,1-6H3/q+1. The summed E-state index contributed by atoms with van der Waals surface area (Å²) in [6, 6.07) is 18.3. The van der Waals surface area contributed by atoms with Crippen molar-refractivity contribution in [2.75, 3.05) is 11.9 Å². The Balaban J connectivity index is 1.98. The van der Waals surface area contributed by atoms with Crippen LogP contribution in [0.25, 0.3) is 32.8 Å². The molecule has 28 heavy (non-hydrogen) atoms. The number of pyridine rings is 1. The van der Waals surface area contributed by atoms with E-state index in [1.807, 2.05) is 0 Å². The number of fused-ring (bicyclic) bond motifs is 3. The van der Waals surface area contributed by atoms with E-state index in [-0.39, 0.29) is 0 Å². The summed E-state index contributed by atoms with van der Waals surface area (Å²) in [4.78, 5) is 2.41. The van der Waals surface area contributed by atoms with Crippen molar-refractivity contribution in [2.24, 2.45) is 7.05 Å². The second-order valence-electron chi connectivity index (χ2n) is 9.16. The largest absolute Gasteiger partial charge is 0.343 e. The molecule has 1 aromatic heterocycles. The van der Waals surface area contributed by atoms with E-state index in [2.05, 4.69) is 105 Å².